The maximum atomic E-state index is 14.2. The van der Waals surface area contributed by atoms with Gasteiger partial charge in [-0.05, 0) is 52.6 Å². The Bertz CT molecular complexity index is 1690. The van der Waals surface area contributed by atoms with E-state index in [9.17, 15) is 9.18 Å². The fraction of sp³-hybridized carbons (Fsp3) is 0.258. The van der Waals surface area contributed by atoms with Gasteiger partial charge in [0.15, 0.2) is 0 Å². The first-order valence-corrected chi connectivity index (χ1v) is 13.5. The highest BCUT2D eigenvalue weighted by Crippen LogP contribution is 2.35. The average molecular weight is 588 g/mol. The van der Waals surface area contributed by atoms with Crippen molar-refractivity contribution in [2.75, 3.05) is 26.4 Å². The highest BCUT2D eigenvalue weighted by molar-refractivity contribution is 6.00. The highest BCUT2D eigenvalue weighted by Gasteiger charge is 2.16. The molecule has 0 radical (unpaired) electrons. The maximum Gasteiger partial charge on any atom is 0.317 e. The van der Waals surface area contributed by atoms with Crippen LogP contribution in [0.1, 0.15) is 31.3 Å². The number of aliphatic carboxylic acids is 1. The van der Waals surface area contributed by atoms with Gasteiger partial charge in [-0.2, -0.15) is 0 Å². The summed E-state index contributed by atoms with van der Waals surface area (Å²) in [6.07, 6.45) is 6.87. The van der Waals surface area contributed by atoms with E-state index in [1.54, 1.807) is 44.4 Å². The van der Waals surface area contributed by atoms with E-state index in [1.807, 2.05) is 30.5 Å². The molecular formula is C31H34FN7O4. The van der Waals surface area contributed by atoms with Gasteiger partial charge in [0.1, 0.15) is 53.3 Å². The number of carboxylic acids is 1. The zero-order valence-electron chi connectivity index (χ0n) is 24.7. The number of aromatic nitrogens is 5. The van der Waals surface area contributed by atoms with Gasteiger partial charge in [-0.3, -0.25) is 9.69 Å². The van der Waals surface area contributed by atoms with Crippen LogP contribution in [0.4, 0.5) is 10.2 Å². The van der Waals surface area contributed by atoms with Crippen LogP contribution in [-0.2, 0) is 11.4 Å². The van der Waals surface area contributed by atoms with Crippen LogP contribution >= 0.6 is 0 Å². The first kappa shape index (κ1) is 30.8. The number of ether oxygens (including phenoxy) is 2. The van der Waals surface area contributed by atoms with E-state index in [2.05, 4.69) is 38.4 Å². The predicted molar refractivity (Wildman–Crippen MR) is 162 cm³/mol. The molecule has 0 amide bonds. The first-order valence-electron chi connectivity index (χ1n) is 13.5. The molecule has 224 valence electrons. The number of carbonyl (C=O) groups is 1. The molecule has 0 unspecified atom stereocenters. The molecule has 0 aliphatic rings. The summed E-state index contributed by atoms with van der Waals surface area (Å²) >= 11 is 0. The zero-order valence-corrected chi connectivity index (χ0v) is 24.7. The van der Waals surface area contributed by atoms with Crippen LogP contribution in [0.5, 0.6) is 17.2 Å². The molecule has 11 nitrogen and oxygen atoms in total. The summed E-state index contributed by atoms with van der Waals surface area (Å²) in [6.45, 7) is 6.31. The lowest BCUT2D eigenvalue weighted by atomic mass is 10.1. The van der Waals surface area contributed by atoms with Crippen LogP contribution in [0, 0.1) is 12.7 Å². The molecule has 0 saturated carbocycles. The van der Waals surface area contributed by atoms with Crippen molar-refractivity contribution in [1.82, 2.24) is 29.4 Å². The lowest BCUT2D eigenvalue weighted by Gasteiger charge is -2.10. The molecule has 0 saturated heterocycles. The number of rotatable bonds is 9. The smallest absolute Gasteiger partial charge is 0.317 e. The van der Waals surface area contributed by atoms with E-state index < -0.39 is 11.8 Å². The quantitative estimate of drug-likeness (QED) is 0.227. The van der Waals surface area contributed by atoms with Crippen molar-refractivity contribution in [3.63, 3.8) is 0 Å². The van der Waals surface area contributed by atoms with Gasteiger partial charge in [-0.25, -0.2) is 24.3 Å². The number of halogens is 1. The number of carboxylic acid groups (broad SMARTS) is 1. The van der Waals surface area contributed by atoms with Crippen molar-refractivity contribution in [2.45, 2.75) is 33.4 Å². The van der Waals surface area contributed by atoms with Gasteiger partial charge in [-0.15, -0.1) is 0 Å². The molecule has 3 heterocycles. The Morgan fingerprint density at radius 3 is 2.30 bits per heavy atom. The number of anilines is 1. The van der Waals surface area contributed by atoms with Gasteiger partial charge in [-0.1, -0.05) is 12.1 Å². The van der Waals surface area contributed by atoms with E-state index in [0.717, 1.165) is 27.7 Å². The molecule has 0 bridgehead atoms. The second-order valence-electron chi connectivity index (χ2n) is 10.3. The summed E-state index contributed by atoms with van der Waals surface area (Å²) in [5.41, 5.74) is 9.64. The molecule has 5 rings (SSSR count). The van der Waals surface area contributed by atoms with Crippen LogP contribution in [-0.4, -0.2) is 61.1 Å². The summed E-state index contributed by atoms with van der Waals surface area (Å²) in [7, 11) is 3.43. The third-order valence-corrected chi connectivity index (χ3v) is 6.13. The number of hydrogen-bond donors (Lipinski definition) is 2. The van der Waals surface area contributed by atoms with E-state index in [4.69, 9.17) is 20.3 Å². The first-order chi connectivity index (χ1) is 20.5. The van der Waals surface area contributed by atoms with E-state index >= 15 is 0 Å². The molecule has 0 spiro atoms. The third-order valence-electron chi connectivity index (χ3n) is 6.13. The van der Waals surface area contributed by atoms with Crippen molar-refractivity contribution in [3.8, 4) is 28.4 Å². The van der Waals surface area contributed by atoms with Crippen molar-refractivity contribution in [1.29, 1.82) is 0 Å². The van der Waals surface area contributed by atoms with Gasteiger partial charge in [0, 0.05) is 54.0 Å². The van der Waals surface area contributed by atoms with Crippen LogP contribution in [0.15, 0.2) is 67.4 Å². The Morgan fingerprint density at radius 1 is 1.02 bits per heavy atom. The van der Waals surface area contributed by atoms with Crippen LogP contribution < -0.4 is 15.2 Å². The number of nitrogens with zero attached hydrogens (tertiary/aromatic N) is 6. The molecule has 0 fully saturated rings. The SMILES string of the molecule is CN(C)CC(=O)O.Cc1ncc(COc2cc(F)cc(Oc3ccc(-c4cn(C(C)C)c5ncnc(N)c45)cc3)c2)cn1. The van der Waals surface area contributed by atoms with Crippen molar-refractivity contribution < 1.29 is 23.8 Å². The Kier molecular flexibility index (Phi) is 9.83. The summed E-state index contributed by atoms with van der Waals surface area (Å²) in [6, 6.07) is 12.0. The normalized spacial score (nSPS) is 11.0. The van der Waals surface area contributed by atoms with E-state index in [0.29, 0.717) is 28.9 Å². The number of likely N-dealkylation sites (N-methyl/N-ethyl adjacent to an activating group) is 1. The molecular weight excluding hydrogens is 553 g/mol. The highest BCUT2D eigenvalue weighted by atomic mass is 19.1. The monoisotopic (exact) mass is 587 g/mol. The zero-order chi connectivity index (χ0) is 31.1. The lowest BCUT2D eigenvalue weighted by Crippen LogP contribution is -2.20. The average Bonchev–Trinajstić information content (AvgIpc) is 3.34. The van der Waals surface area contributed by atoms with Crippen LogP contribution in [0.25, 0.3) is 22.2 Å². The van der Waals surface area contributed by atoms with E-state index in [1.165, 1.54) is 18.5 Å². The van der Waals surface area contributed by atoms with Crippen molar-refractivity contribution >= 4 is 22.8 Å². The molecule has 0 atom stereocenters. The van der Waals surface area contributed by atoms with Crippen molar-refractivity contribution in [3.05, 3.63) is 84.6 Å². The fourth-order valence-electron chi connectivity index (χ4n) is 4.17. The Labute approximate surface area is 248 Å². The molecule has 5 aromatic rings. The number of hydrogen-bond acceptors (Lipinski definition) is 9. The van der Waals surface area contributed by atoms with E-state index in [-0.39, 0.29) is 19.2 Å². The minimum atomic E-state index is -0.787. The Hall–Kier alpha value is -5.10. The number of nitrogen functional groups attached to an aromatic ring is 1. The second-order valence-corrected chi connectivity index (χ2v) is 10.3. The van der Waals surface area contributed by atoms with Gasteiger partial charge in [0.2, 0.25) is 0 Å². The number of nitrogens with two attached hydrogens (primary N) is 1. The molecule has 3 N–H and O–H groups in total. The maximum absolute atomic E-state index is 14.2. The van der Waals surface area contributed by atoms with Gasteiger partial charge in [0.05, 0.1) is 11.9 Å². The van der Waals surface area contributed by atoms with Gasteiger partial charge < -0.3 is 24.9 Å². The Morgan fingerprint density at radius 2 is 1.70 bits per heavy atom. The number of aryl methyl sites for hydroxylation is 1. The Balaban J connectivity index is 0.000000541. The molecule has 43 heavy (non-hydrogen) atoms. The summed E-state index contributed by atoms with van der Waals surface area (Å²) < 4.78 is 27.9. The summed E-state index contributed by atoms with van der Waals surface area (Å²) in [4.78, 5) is 28.2. The number of benzene rings is 2. The largest absolute Gasteiger partial charge is 0.489 e. The molecule has 3 aromatic heterocycles. The number of fused-ring (bicyclic) bond motifs is 1. The fourth-order valence-corrected chi connectivity index (χ4v) is 4.17. The predicted octanol–water partition coefficient (Wildman–Crippen LogP) is 5.50. The topological polar surface area (TPSA) is 142 Å². The van der Waals surface area contributed by atoms with Gasteiger partial charge >= 0.3 is 5.97 Å². The van der Waals surface area contributed by atoms with Crippen LogP contribution in [0.3, 0.4) is 0 Å². The minimum absolute atomic E-state index is 0.111. The van der Waals surface area contributed by atoms with Crippen LogP contribution in [0.2, 0.25) is 0 Å². The van der Waals surface area contributed by atoms with Gasteiger partial charge in [0.25, 0.3) is 0 Å². The second kappa shape index (κ2) is 13.7. The molecule has 0 aliphatic heterocycles. The molecule has 0 aliphatic carbocycles. The lowest BCUT2D eigenvalue weighted by molar-refractivity contribution is -0.137. The molecule has 12 heteroatoms. The van der Waals surface area contributed by atoms with Crippen molar-refractivity contribution in [2.24, 2.45) is 0 Å². The third kappa shape index (κ3) is 8.23. The standard InChI is InChI=1S/C27H25FN6O2.C4H9NO2/c1-16(2)34-13-24(25-26(29)32-15-33-27(25)34)19-4-6-21(7-5-19)36-23-9-20(28)8-22(10-23)35-14-18-11-30-17(3)31-12-18;1-5(2)3-4(6)7/h4-13,15-16H,14H2,1-3H3,(H2,29,32,33);3H2,1-2H3,(H,6,7). The summed E-state index contributed by atoms with van der Waals surface area (Å²) in [5.74, 6) is 1.08. The molecule has 2 aromatic carbocycles. The minimum Gasteiger partial charge on any atom is -0.489 e. The summed E-state index contributed by atoms with van der Waals surface area (Å²) in [5, 5.41) is 8.85.